The first kappa shape index (κ1) is 11.4. The van der Waals surface area contributed by atoms with Gasteiger partial charge in [0.15, 0.2) is 5.13 Å². The fraction of sp³-hybridized carbons (Fsp3) is 0.636. The molecule has 4 nitrogen and oxygen atoms in total. The number of rotatable bonds is 3. The number of nitrogens with zero attached hydrogens (tertiary/aromatic N) is 1. The Morgan fingerprint density at radius 3 is 2.69 bits per heavy atom. The first-order valence-corrected chi connectivity index (χ1v) is 6.46. The van der Waals surface area contributed by atoms with Crippen LogP contribution in [0, 0.1) is 5.92 Å². The molecule has 1 aromatic heterocycles. The summed E-state index contributed by atoms with van der Waals surface area (Å²) in [6, 6.07) is 0. The van der Waals surface area contributed by atoms with Crippen molar-refractivity contribution >= 4 is 27.4 Å². The number of anilines is 2. The average Bonchev–Trinajstić information content (AvgIpc) is 2.43. The minimum Gasteiger partial charge on any atom is -0.389 e. The van der Waals surface area contributed by atoms with Gasteiger partial charge in [-0.15, -0.1) is 0 Å². The number of hydrogen-bond acceptors (Lipinski definition) is 4. The third kappa shape index (κ3) is 2.19. The Morgan fingerprint density at radius 1 is 1.56 bits per heavy atom. The second-order valence-corrected chi connectivity index (χ2v) is 5.57. The molecule has 1 fully saturated rings. The van der Waals surface area contributed by atoms with Gasteiger partial charge in [0.1, 0.15) is 5.00 Å². The van der Waals surface area contributed by atoms with E-state index in [1.54, 1.807) is 0 Å². The molecule has 1 heterocycles. The molecule has 0 spiro atoms. The number of nitrogens with two attached hydrogens (primary N) is 1. The van der Waals surface area contributed by atoms with Crippen molar-refractivity contribution in [2.75, 3.05) is 11.1 Å². The molecule has 0 aliphatic heterocycles. The second-order valence-electron chi connectivity index (χ2n) is 4.54. The lowest BCUT2D eigenvalue weighted by Gasteiger charge is -2.23. The van der Waals surface area contributed by atoms with Crippen LogP contribution in [-0.4, -0.2) is 10.9 Å². The number of thiazole rings is 1. The van der Waals surface area contributed by atoms with E-state index in [2.05, 4.69) is 10.3 Å². The lowest BCUT2D eigenvalue weighted by Crippen LogP contribution is -2.27. The summed E-state index contributed by atoms with van der Waals surface area (Å²) in [7, 11) is 0. The van der Waals surface area contributed by atoms with E-state index in [4.69, 9.17) is 5.73 Å². The number of amides is 1. The van der Waals surface area contributed by atoms with Crippen LogP contribution in [0.1, 0.15) is 44.7 Å². The maximum absolute atomic E-state index is 11.7. The van der Waals surface area contributed by atoms with Gasteiger partial charge in [-0.25, -0.2) is 4.98 Å². The van der Waals surface area contributed by atoms with E-state index in [-0.39, 0.29) is 11.8 Å². The number of carbonyl (C=O) groups excluding carboxylic acids is 1. The monoisotopic (exact) mass is 239 g/mol. The molecule has 1 aromatic rings. The summed E-state index contributed by atoms with van der Waals surface area (Å²) < 4.78 is 0. The van der Waals surface area contributed by atoms with Crippen LogP contribution in [0.3, 0.4) is 0 Å². The summed E-state index contributed by atoms with van der Waals surface area (Å²) in [6.45, 7) is 4.09. The van der Waals surface area contributed by atoms with E-state index in [1.165, 1.54) is 11.3 Å². The summed E-state index contributed by atoms with van der Waals surface area (Å²) in [4.78, 5) is 16.1. The Labute approximate surface area is 99.3 Å². The molecule has 0 radical (unpaired) electrons. The van der Waals surface area contributed by atoms with E-state index in [9.17, 15) is 4.79 Å². The molecule has 3 N–H and O–H groups in total. The van der Waals surface area contributed by atoms with Crippen molar-refractivity contribution in [1.29, 1.82) is 0 Å². The van der Waals surface area contributed by atoms with Crippen molar-refractivity contribution in [3.05, 3.63) is 5.69 Å². The molecule has 16 heavy (non-hydrogen) atoms. The van der Waals surface area contributed by atoms with Crippen LogP contribution in [0.2, 0.25) is 0 Å². The fourth-order valence-electron chi connectivity index (χ4n) is 1.69. The predicted octanol–water partition coefficient (Wildman–Crippen LogP) is 2.59. The minimum atomic E-state index is 0.0929. The number of nitrogens with one attached hydrogen (secondary N) is 1. The van der Waals surface area contributed by atoms with E-state index in [0.29, 0.717) is 16.1 Å². The molecular weight excluding hydrogens is 222 g/mol. The number of nitrogen functional groups attached to an aromatic ring is 1. The lowest BCUT2D eigenvalue weighted by molar-refractivity contribution is -0.122. The summed E-state index contributed by atoms with van der Waals surface area (Å²) >= 11 is 1.36. The van der Waals surface area contributed by atoms with Crippen LogP contribution in [0.4, 0.5) is 10.1 Å². The lowest BCUT2D eigenvalue weighted by atomic mass is 9.85. The Hall–Kier alpha value is -1.10. The van der Waals surface area contributed by atoms with Crippen LogP contribution in [0.15, 0.2) is 0 Å². The highest BCUT2D eigenvalue weighted by molar-refractivity contribution is 7.19. The first-order chi connectivity index (χ1) is 7.58. The van der Waals surface area contributed by atoms with Gasteiger partial charge in [-0.05, 0) is 18.8 Å². The standard InChI is InChI=1S/C11H17N3OS/c1-6(2)8-9(12)16-11(13-8)14-10(15)7-4-3-5-7/h6-7H,3-5,12H2,1-2H3,(H,13,14,15). The quantitative estimate of drug-likeness (QED) is 0.851. The number of carbonyl (C=O) groups is 1. The zero-order chi connectivity index (χ0) is 11.7. The largest absolute Gasteiger partial charge is 0.389 e. The number of aromatic nitrogens is 1. The summed E-state index contributed by atoms with van der Waals surface area (Å²) in [5, 5.41) is 4.19. The Bertz CT molecular complexity index is 396. The Balaban J connectivity index is 2.04. The molecule has 2 rings (SSSR count). The second kappa shape index (κ2) is 4.41. The highest BCUT2D eigenvalue weighted by Gasteiger charge is 2.26. The first-order valence-electron chi connectivity index (χ1n) is 5.65. The van der Waals surface area contributed by atoms with Crippen LogP contribution in [0.25, 0.3) is 0 Å². The predicted molar refractivity (Wildman–Crippen MR) is 66.6 cm³/mol. The molecule has 5 heteroatoms. The van der Waals surface area contributed by atoms with Gasteiger partial charge in [-0.1, -0.05) is 31.6 Å². The molecule has 0 atom stereocenters. The summed E-state index contributed by atoms with van der Waals surface area (Å²) in [5.74, 6) is 0.577. The molecule has 1 saturated carbocycles. The molecule has 0 bridgehead atoms. The van der Waals surface area contributed by atoms with Gasteiger partial charge in [0.2, 0.25) is 5.91 Å². The summed E-state index contributed by atoms with van der Waals surface area (Å²) in [5.41, 5.74) is 6.73. The molecule has 0 unspecified atom stereocenters. The van der Waals surface area contributed by atoms with Crippen molar-refractivity contribution in [2.24, 2.45) is 5.92 Å². The smallest absolute Gasteiger partial charge is 0.229 e. The van der Waals surface area contributed by atoms with Crippen molar-refractivity contribution in [3.8, 4) is 0 Å². The maximum Gasteiger partial charge on any atom is 0.229 e. The molecule has 1 amide bonds. The zero-order valence-electron chi connectivity index (χ0n) is 9.62. The van der Waals surface area contributed by atoms with Crippen LogP contribution in [-0.2, 0) is 4.79 Å². The van der Waals surface area contributed by atoms with Gasteiger partial charge in [0.25, 0.3) is 0 Å². The van der Waals surface area contributed by atoms with Gasteiger partial charge >= 0.3 is 0 Å². The molecular formula is C11H17N3OS. The minimum absolute atomic E-state index is 0.0929. The Morgan fingerprint density at radius 2 is 2.25 bits per heavy atom. The Kier molecular flexibility index (Phi) is 3.14. The third-order valence-corrected chi connectivity index (χ3v) is 3.75. The van der Waals surface area contributed by atoms with Crippen LogP contribution in [0.5, 0.6) is 0 Å². The van der Waals surface area contributed by atoms with E-state index in [0.717, 1.165) is 25.0 Å². The fourth-order valence-corrected chi connectivity index (χ4v) is 2.58. The summed E-state index contributed by atoms with van der Waals surface area (Å²) in [6.07, 6.45) is 3.17. The molecule has 88 valence electrons. The van der Waals surface area contributed by atoms with Gasteiger partial charge in [0, 0.05) is 5.92 Å². The van der Waals surface area contributed by atoms with Crippen LogP contribution < -0.4 is 11.1 Å². The topological polar surface area (TPSA) is 68.0 Å². The van der Waals surface area contributed by atoms with Crippen molar-refractivity contribution in [2.45, 2.75) is 39.0 Å². The van der Waals surface area contributed by atoms with Gasteiger partial charge in [0.05, 0.1) is 5.69 Å². The molecule has 0 saturated heterocycles. The van der Waals surface area contributed by atoms with Gasteiger partial charge in [-0.2, -0.15) is 0 Å². The maximum atomic E-state index is 11.7. The van der Waals surface area contributed by atoms with E-state index in [1.807, 2.05) is 13.8 Å². The normalized spacial score (nSPS) is 16.2. The van der Waals surface area contributed by atoms with Crippen molar-refractivity contribution in [1.82, 2.24) is 4.98 Å². The van der Waals surface area contributed by atoms with Gasteiger partial charge in [-0.3, -0.25) is 4.79 Å². The van der Waals surface area contributed by atoms with Crippen LogP contribution >= 0.6 is 11.3 Å². The van der Waals surface area contributed by atoms with Crippen molar-refractivity contribution in [3.63, 3.8) is 0 Å². The van der Waals surface area contributed by atoms with E-state index < -0.39 is 0 Å². The highest BCUT2D eigenvalue weighted by Crippen LogP contribution is 2.32. The zero-order valence-corrected chi connectivity index (χ0v) is 10.4. The van der Waals surface area contributed by atoms with Crippen molar-refractivity contribution < 1.29 is 4.79 Å². The molecule has 0 aromatic carbocycles. The third-order valence-electron chi connectivity index (χ3n) is 2.93. The SMILES string of the molecule is CC(C)c1nc(NC(=O)C2CCC2)sc1N. The highest BCUT2D eigenvalue weighted by atomic mass is 32.1. The molecule has 1 aliphatic carbocycles. The average molecular weight is 239 g/mol. The number of hydrogen-bond donors (Lipinski definition) is 2. The van der Waals surface area contributed by atoms with Gasteiger partial charge < -0.3 is 11.1 Å². The molecule has 1 aliphatic rings. The van der Waals surface area contributed by atoms with E-state index >= 15 is 0 Å².